The van der Waals surface area contributed by atoms with Crippen LogP contribution in [0, 0.1) is 5.92 Å². The number of sulfonamides is 1. The first-order valence-corrected chi connectivity index (χ1v) is 7.80. The van der Waals surface area contributed by atoms with Crippen molar-refractivity contribution < 1.29 is 18.3 Å². The number of hydrogen-bond acceptors (Lipinski definition) is 4. The molecule has 1 aromatic rings. The lowest BCUT2D eigenvalue weighted by molar-refractivity contribution is 0.281. The second-order valence-corrected chi connectivity index (χ2v) is 6.46. The zero-order valence-electron chi connectivity index (χ0n) is 11.1. The molecule has 0 spiro atoms. The van der Waals surface area contributed by atoms with Crippen LogP contribution in [-0.4, -0.2) is 26.7 Å². The van der Waals surface area contributed by atoms with Gasteiger partial charge in [-0.05, 0) is 30.0 Å². The van der Waals surface area contributed by atoms with E-state index < -0.39 is 10.0 Å². The summed E-state index contributed by atoms with van der Waals surface area (Å²) in [5, 5.41) is 9.11. The summed E-state index contributed by atoms with van der Waals surface area (Å²) >= 11 is 0. The molecule has 0 aromatic heterocycles. The summed E-state index contributed by atoms with van der Waals surface area (Å²) < 4.78 is 32.4. The van der Waals surface area contributed by atoms with Crippen molar-refractivity contribution in [3.63, 3.8) is 0 Å². The molecule has 6 heteroatoms. The van der Waals surface area contributed by atoms with Gasteiger partial charge in [-0.2, -0.15) is 0 Å². The van der Waals surface area contributed by atoms with Gasteiger partial charge in [-0.1, -0.05) is 19.4 Å². The maximum absolute atomic E-state index is 12.3. The number of benzene rings is 1. The van der Waals surface area contributed by atoms with Gasteiger partial charge in [0.25, 0.3) is 0 Å². The smallest absolute Gasteiger partial charge is 0.244 e. The molecule has 1 aliphatic carbocycles. The Morgan fingerprint density at radius 2 is 2.21 bits per heavy atom. The molecule has 2 N–H and O–H groups in total. The number of aliphatic hydroxyl groups excluding tert-OH is 1. The summed E-state index contributed by atoms with van der Waals surface area (Å²) in [5.41, 5.74) is 0.545. The van der Waals surface area contributed by atoms with Crippen LogP contribution >= 0.6 is 0 Å². The molecule has 1 aromatic carbocycles. The Hall–Kier alpha value is -1.11. The molecule has 0 bridgehead atoms. The minimum absolute atomic E-state index is 0.0255. The van der Waals surface area contributed by atoms with Crippen molar-refractivity contribution in [2.75, 3.05) is 7.11 Å². The SMILES string of the molecule is CCC1CC1NS(=O)(=O)c1cc(CO)ccc1OC. The van der Waals surface area contributed by atoms with Crippen molar-refractivity contribution >= 4 is 10.0 Å². The minimum atomic E-state index is -3.60. The quantitative estimate of drug-likeness (QED) is 0.825. The van der Waals surface area contributed by atoms with E-state index in [4.69, 9.17) is 9.84 Å². The average molecular weight is 285 g/mol. The molecular weight excluding hydrogens is 266 g/mol. The highest BCUT2D eigenvalue weighted by Crippen LogP contribution is 2.35. The first kappa shape index (κ1) is 14.3. The van der Waals surface area contributed by atoms with Crippen LogP contribution in [0.15, 0.2) is 23.1 Å². The summed E-state index contributed by atoms with van der Waals surface area (Å²) in [7, 11) is -2.17. The Morgan fingerprint density at radius 3 is 2.74 bits per heavy atom. The average Bonchev–Trinajstić information content (AvgIpc) is 3.15. The lowest BCUT2D eigenvalue weighted by Crippen LogP contribution is -2.27. The van der Waals surface area contributed by atoms with Crippen molar-refractivity contribution in [3.8, 4) is 5.75 Å². The molecule has 0 heterocycles. The second kappa shape index (κ2) is 5.48. The molecule has 0 aliphatic heterocycles. The van der Waals surface area contributed by atoms with Gasteiger partial charge >= 0.3 is 0 Å². The van der Waals surface area contributed by atoms with Gasteiger partial charge in [-0.3, -0.25) is 0 Å². The van der Waals surface area contributed by atoms with E-state index in [2.05, 4.69) is 4.72 Å². The van der Waals surface area contributed by atoms with Crippen molar-refractivity contribution in [1.29, 1.82) is 0 Å². The zero-order chi connectivity index (χ0) is 14.0. The monoisotopic (exact) mass is 285 g/mol. The highest BCUT2D eigenvalue weighted by atomic mass is 32.2. The predicted octanol–water partition coefficient (Wildman–Crippen LogP) is 1.26. The largest absolute Gasteiger partial charge is 0.495 e. The Balaban J connectivity index is 2.28. The van der Waals surface area contributed by atoms with Crippen LogP contribution in [0.3, 0.4) is 0 Å². The minimum Gasteiger partial charge on any atom is -0.495 e. The van der Waals surface area contributed by atoms with E-state index in [9.17, 15) is 8.42 Å². The number of hydrogen-bond donors (Lipinski definition) is 2. The van der Waals surface area contributed by atoms with Crippen molar-refractivity contribution in [3.05, 3.63) is 23.8 Å². The second-order valence-electron chi connectivity index (χ2n) is 4.78. The zero-order valence-corrected chi connectivity index (χ0v) is 11.9. The molecule has 106 valence electrons. The third-order valence-corrected chi connectivity index (χ3v) is 4.96. The van der Waals surface area contributed by atoms with E-state index in [1.165, 1.54) is 13.2 Å². The molecule has 2 rings (SSSR count). The van der Waals surface area contributed by atoms with E-state index in [0.717, 1.165) is 12.8 Å². The number of methoxy groups -OCH3 is 1. The fourth-order valence-corrected chi connectivity index (χ4v) is 3.67. The summed E-state index contributed by atoms with van der Waals surface area (Å²) in [4.78, 5) is 0.0864. The van der Waals surface area contributed by atoms with Crippen LogP contribution in [0.2, 0.25) is 0 Å². The predicted molar refractivity (Wildman–Crippen MR) is 71.4 cm³/mol. The lowest BCUT2D eigenvalue weighted by atomic mass is 10.2. The first-order chi connectivity index (χ1) is 9.01. The van der Waals surface area contributed by atoms with E-state index in [1.807, 2.05) is 6.92 Å². The first-order valence-electron chi connectivity index (χ1n) is 6.32. The fraction of sp³-hybridized carbons (Fsp3) is 0.538. The molecule has 5 nitrogen and oxygen atoms in total. The van der Waals surface area contributed by atoms with Crippen molar-refractivity contribution in [2.24, 2.45) is 5.92 Å². The van der Waals surface area contributed by atoms with Crippen LogP contribution in [-0.2, 0) is 16.6 Å². The van der Waals surface area contributed by atoms with Crippen LogP contribution in [0.5, 0.6) is 5.75 Å². The van der Waals surface area contributed by atoms with Crippen LogP contribution < -0.4 is 9.46 Å². The van der Waals surface area contributed by atoms with Crippen LogP contribution in [0.25, 0.3) is 0 Å². The number of aliphatic hydroxyl groups is 1. The third kappa shape index (κ3) is 3.08. The molecule has 1 saturated carbocycles. The number of ether oxygens (including phenoxy) is 1. The molecule has 2 unspecified atom stereocenters. The third-order valence-electron chi connectivity index (χ3n) is 3.45. The number of nitrogens with one attached hydrogen (secondary N) is 1. The van der Waals surface area contributed by atoms with Gasteiger partial charge < -0.3 is 9.84 Å². The standard InChI is InChI=1S/C13H19NO4S/c1-3-10-7-11(10)14-19(16,17)13-6-9(8-15)4-5-12(13)18-2/h4-6,10-11,14-15H,3,7-8H2,1-2H3. The highest BCUT2D eigenvalue weighted by molar-refractivity contribution is 7.89. The topological polar surface area (TPSA) is 75.6 Å². The van der Waals surface area contributed by atoms with Gasteiger partial charge in [0.1, 0.15) is 10.6 Å². The van der Waals surface area contributed by atoms with E-state index in [0.29, 0.717) is 17.2 Å². The Kier molecular flexibility index (Phi) is 4.13. The highest BCUT2D eigenvalue weighted by Gasteiger charge is 2.39. The van der Waals surface area contributed by atoms with Gasteiger partial charge in [0.05, 0.1) is 13.7 Å². The molecule has 0 radical (unpaired) electrons. The van der Waals surface area contributed by atoms with Gasteiger partial charge in [-0.25, -0.2) is 13.1 Å². The van der Waals surface area contributed by atoms with Gasteiger partial charge in [0.2, 0.25) is 10.0 Å². The van der Waals surface area contributed by atoms with Crippen molar-refractivity contribution in [1.82, 2.24) is 4.72 Å². The summed E-state index contributed by atoms with van der Waals surface area (Å²) in [6.07, 6.45) is 1.86. The molecule has 0 saturated heterocycles. The fourth-order valence-electron chi connectivity index (χ4n) is 2.14. The lowest BCUT2D eigenvalue weighted by Gasteiger charge is -2.11. The molecule has 1 fully saturated rings. The summed E-state index contributed by atoms with van der Waals surface area (Å²) in [6, 6.07) is 4.68. The molecule has 0 amide bonds. The Labute approximate surface area is 113 Å². The van der Waals surface area contributed by atoms with Crippen LogP contribution in [0.4, 0.5) is 0 Å². The van der Waals surface area contributed by atoms with Crippen LogP contribution in [0.1, 0.15) is 25.3 Å². The summed E-state index contributed by atoms with van der Waals surface area (Å²) in [6.45, 7) is 1.85. The maximum atomic E-state index is 12.3. The van der Waals surface area contributed by atoms with Gasteiger partial charge in [0.15, 0.2) is 0 Å². The van der Waals surface area contributed by atoms with Crippen molar-refractivity contribution in [2.45, 2.75) is 37.3 Å². The van der Waals surface area contributed by atoms with E-state index >= 15 is 0 Å². The van der Waals surface area contributed by atoms with Gasteiger partial charge in [0, 0.05) is 6.04 Å². The molecule has 2 atom stereocenters. The summed E-state index contributed by atoms with van der Waals surface area (Å²) in [5.74, 6) is 0.722. The van der Waals surface area contributed by atoms with Gasteiger partial charge in [-0.15, -0.1) is 0 Å². The molecule has 1 aliphatic rings. The van der Waals surface area contributed by atoms with E-state index in [-0.39, 0.29) is 17.5 Å². The molecular formula is C13H19NO4S. The molecule has 19 heavy (non-hydrogen) atoms. The Morgan fingerprint density at radius 1 is 1.47 bits per heavy atom. The van der Waals surface area contributed by atoms with E-state index in [1.54, 1.807) is 12.1 Å². The Bertz CT molecular complexity index is 556. The maximum Gasteiger partial charge on any atom is 0.244 e. The normalized spacial score (nSPS) is 22.3. The number of rotatable bonds is 6.